The van der Waals surface area contributed by atoms with Gasteiger partial charge < -0.3 is 14.2 Å². The lowest BCUT2D eigenvalue weighted by molar-refractivity contribution is -0.135. The fraction of sp³-hybridized carbons (Fsp3) is 0.529. The van der Waals surface area contributed by atoms with Crippen LogP contribution in [-0.4, -0.2) is 42.0 Å². The molecule has 1 aromatic carbocycles. The molecule has 23 heavy (non-hydrogen) atoms. The zero-order chi connectivity index (χ0) is 15.8. The molecule has 1 saturated carbocycles. The van der Waals surface area contributed by atoms with Crippen LogP contribution in [-0.2, 0) is 4.79 Å². The summed E-state index contributed by atoms with van der Waals surface area (Å²) in [6.07, 6.45) is 4.47. The van der Waals surface area contributed by atoms with Crippen molar-refractivity contribution in [1.29, 1.82) is 0 Å². The third kappa shape index (κ3) is 2.62. The molecule has 0 bridgehead atoms. The van der Waals surface area contributed by atoms with Crippen molar-refractivity contribution < 1.29 is 9.21 Å². The summed E-state index contributed by atoms with van der Waals surface area (Å²) in [5.74, 6) is 0.142. The number of benzene rings is 1. The fourth-order valence-corrected chi connectivity index (χ4v) is 3.81. The molecule has 1 amide bonds. The molecular weight excluding hydrogens is 294 g/mol. The molecular formula is C17H21N3O3. The van der Waals surface area contributed by atoms with Gasteiger partial charge in [-0.1, -0.05) is 18.9 Å². The molecule has 0 radical (unpaired) electrons. The number of rotatable bonds is 2. The molecule has 122 valence electrons. The van der Waals surface area contributed by atoms with Gasteiger partial charge in [0, 0.05) is 32.1 Å². The molecule has 0 spiro atoms. The molecule has 0 unspecified atom stereocenters. The zero-order valence-electron chi connectivity index (χ0n) is 13.1. The fourth-order valence-electron chi connectivity index (χ4n) is 3.81. The molecule has 2 aromatic rings. The van der Waals surface area contributed by atoms with Gasteiger partial charge in [0.1, 0.15) is 0 Å². The number of carbonyl (C=O) groups is 1. The molecule has 1 saturated heterocycles. The van der Waals surface area contributed by atoms with Crippen LogP contribution >= 0.6 is 0 Å². The Morgan fingerprint density at radius 1 is 1.13 bits per heavy atom. The van der Waals surface area contributed by atoms with E-state index in [1.165, 1.54) is 12.8 Å². The minimum absolute atomic E-state index is 0.243. The maximum Gasteiger partial charge on any atom is 0.417 e. The predicted octanol–water partition coefficient (Wildman–Crippen LogP) is 1.96. The Balaban J connectivity index is 1.48. The summed E-state index contributed by atoms with van der Waals surface area (Å²) in [4.78, 5) is 30.8. The van der Waals surface area contributed by atoms with Crippen molar-refractivity contribution >= 4 is 22.7 Å². The van der Waals surface area contributed by atoms with E-state index in [1.54, 1.807) is 0 Å². The first kappa shape index (κ1) is 14.4. The summed E-state index contributed by atoms with van der Waals surface area (Å²) in [6, 6.07) is 5.72. The number of amides is 1. The third-order valence-corrected chi connectivity index (χ3v) is 5.06. The summed E-state index contributed by atoms with van der Waals surface area (Å²) in [5.41, 5.74) is 2.25. The SMILES string of the molecule is O=C(C1CCCC1)N1CCN(c2cccc3[nH]c(=O)oc23)CC1. The van der Waals surface area contributed by atoms with Crippen LogP contribution in [0.1, 0.15) is 25.7 Å². The lowest BCUT2D eigenvalue weighted by Gasteiger charge is -2.37. The minimum atomic E-state index is -0.428. The van der Waals surface area contributed by atoms with Crippen molar-refractivity contribution in [1.82, 2.24) is 9.88 Å². The van der Waals surface area contributed by atoms with Gasteiger partial charge in [-0.3, -0.25) is 9.78 Å². The van der Waals surface area contributed by atoms with Gasteiger partial charge in [0.05, 0.1) is 11.2 Å². The molecule has 2 fully saturated rings. The number of nitrogens with one attached hydrogen (secondary N) is 1. The summed E-state index contributed by atoms with van der Waals surface area (Å²) in [5, 5.41) is 0. The third-order valence-electron chi connectivity index (χ3n) is 5.06. The maximum absolute atomic E-state index is 12.5. The van der Waals surface area contributed by atoms with Gasteiger partial charge in [0.2, 0.25) is 5.91 Å². The quantitative estimate of drug-likeness (QED) is 0.920. The first-order chi connectivity index (χ1) is 11.2. The normalized spacial score (nSPS) is 19.7. The number of fused-ring (bicyclic) bond motifs is 1. The molecule has 4 rings (SSSR count). The van der Waals surface area contributed by atoms with E-state index in [9.17, 15) is 9.59 Å². The molecule has 1 N–H and O–H groups in total. The Bertz CT molecular complexity index is 765. The van der Waals surface area contributed by atoms with E-state index < -0.39 is 5.76 Å². The van der Waals surface area contributed by atoms with E-state index in [0.717, 1.165) is 50.2 Å². The van der Waals surface area contributed by atoms with E-state index in [2.05, 4.69) is 9.88 Å². The van der Waals surface area contributed by atoms with Crippen LogP contribution in [0.25, 0.3) is 11.1 Å². The van der Waals surface area contributed by atoms with Crippen molar-refractivity contribution in [3.63, 3.8) is 0 Å². The van der Waals surface area contributed by atoms with Crippen molar-refractivity contribution in [2.24, 2.45) is 5.92 Å². The lowest BCUT2D eigenvalue weighted by atomic mass is 10.1. The molecule has 1 aliphatic carbocycles. The van der Waals surface area contributed by atoms with E-state index in [0.29, 0.717) is 11.5 Å². The number of oxazole rings is 1. The Morgan fingerprint density at radius 2 is 1.87 bits per heavy atom. The average molecular weight is 315 g/mol. The van der Waals surface area contributed by atoms with E-state index in [1.807, 2.05) is 23.1 Å². The topological polar surface area (TPSA) is 69.6 Å². The van der Waals surface area contributed by atoms with E-state index >= 15 is 0 Å². The van der Waals surface area contributed by atoms with Crippen LogP contribution in [0.3, 0.4) is 0 Å². The second-order valence-corrected chi connectivity index (χ2v) is 6.46. The van der Waals surface area contributed by atoms with Crippen molar-refractivity contribution in [2.45, 2.75) is 25.7 Å². The number of nitrogens with zero attached hydrogens (tertiary/aromatic N) is 2. The van der Waals surface area contributed by atoms with Crippen LogP contribution in [0.5, 0.6) is 0 Å². The van der Waals surface area contributed by atoms with Crippen LogP contribution in [0.2, 0.25) is 0 Å². The second-order valence-electron chi connectivity index (χ2n) is 6.46. The highest BCUT2D eigenvalue weighted by molar-refractivity contribution is 5.86. The van der Waals surface area contributed by atoms with Gasteiger partial charge >= 0.3 is 5.76 Å². The number of hydrogen-bond donors (Lipinski definition) is 1. The summed E-state index contributed by atoms with van der Waals surface area (Å²) < 4.78 is 5.27. The first-order valence-electron chi connectivity index (χ1n) is 8.38. The Morgan fingerprint density at radius 3 is 2.61 bits per heavy atom. The predicted molar refractivity (Wildman–Crippen MR) is 87.6 cm³/mol. The van der Waals surface area contributed by atoms with Crippen molar-refractivity contribution in [3.8, 4) is 0 Å². The Hall–Kier alpha value is -2.24. The number of aromatic nitrogens is 1. The second kappa shape index (κ2) is 5.76. The molecule has 1 aromatic heterocycles. The Kier molecular flexibility index (Phi) is 3.59. The Labute approximate surface area is 134 Å². The lowest BCUT2D eigenvalue weighted by Crippen LogP contribution is -2.50. The number of anilines is 1. The van der Waals surface area contributed by atoms with E-state index in [4.69, 9.17) is 4.42 Å². The monoisotopic (exact) mass is 315 g/mol. The molecule has 2 aliphatic rings. The van der Waals surface area contributed by atoms with Gasteiger partial charge in [0.15, 0.2) is 5.58 Å². The first-order valence-corrected chi connectivity index (χ1v) is 8.38. The van der Waals surface area contributed by atoms with E-state index in [-0.39, 0.29) is 5.92 Å². The molecule has 2 heterocycles. The number of H-pyrrole nitrogens is 1. The summed E-state index contributed by atoms with van der Waals surface area (Å²) >= 11 is 0. The maximum atomic E-state index is 12.5. The molecule has 0 atom stereocenters. The van der Waals surface area contributed by atoms with Gasteiger partial charge in [-0.25, -0.2) is 4.79 Å². The van der Waals surface area contributed by atoms with Gasteiger partial charge in [-0.05, 0) is 25.0 Å². The highest BCUT2D eigenvalue weighted by Gasteiger charge is 2.30. The van der Waals surface area contributed by atoms with Crippen LogP contribution < -0.4 is 10.7 Å². The number of hydrogen-bond acceptors (Lipinski definition) is 4. The smallest absolute Gasteiger partial charge is 0.406 e. The van der Waals surface area contributed by atoms with Crippen LogP contribution in [0, 0.1) is 5.92 Å². The largest absolute Gasteiger partial charge is 0.417 e. The number of aromatic amines is 1. The number of carbonyl (C=O) groups excluding carboxylic acids is 1. The standard InChI is InChI=1S/C17H21N3O3/c21-16(12-4-1-2-5-12)20-10-8-19(9-11-20)14-7-3-6-13-15(14)23-17(22)18-13/h3,6-7,12H,1-2,4-5,8-11H2,(H,18,22). The zero-order valence-corrected chi connectivity index (χ0v) is 13.1. The molecule has 6 heteroatoms. The summed E-state index contributed by atoms with van der Waals surface area (Å²) in [7, 11) is 0. The van der Waals surface area contributed by atoms with Crippen LogP contribution in [0.15, 0.2) is 27.4 Å². The van der Waals surface area contributed by atoms with Crippen molar-refractivity contribution in [2.75, 3.05) is 31.1 Å². The number of para-hydroxylation sites is 1. The van der Waals surface area contributed by atoms with Gasteiger partial charge in [0.25, 0.3) is 0 Å². The highest BCUT2D eigenvalue weighted by atomic mass is 16.4. The van der Waals surface area contributed by atoms with Gasteiger partial charge in [-0.15, -0.1) is 0 Å². The summed E-state index contributed by atoms with van der Waals surface area (Å²) in [6.45, 7) is 3.01. The molecule has 6 nitrogen and oxygen atoms in total. The van der Waals surface area contributed by atoms with Crippen molar-refractivity contribution in [3.05, 3.63) is 28.7 Å². The molecule has 1 aliphatic heterocycles. The van der Waals surface area contributed by atoms with Gasteiger partial charge in [-0.2, -0.15) is 0 Å². The van der Waals surface area contributed by atoms with Crippen LogP contribution in [0.4, 0.5) is 5.69 Å². The average Bonchev–Trinajstić information content (AvgIpc) is 3.22. The minimum Gasteiger partial charge on any atom is -0.406 e. The highest BCUT2D eigenvalue weighted by Crippen LogP contribution is 2.29. The number of piperazine rings is 1.